The molecule has 2 saturated carbocycles. The first-order valence-corrected chi connectivity index (χ1v) is 8.01. The summed E-state index contributed by atoms with van der Waals surface area (Å²) >= 11 is 9.55. The van der Waals surface area contributed by atoms with Gasteiger partial charge in [0.2, 0.25) is 0 Å². The molecule has 0 radical (unpaired) electrons. The standard InChI is InChI=1S/C15H19BrClN/c16-14-8-12(17)3-4-13(14)15(18)7-11-6-9-1-2-10(11)5-9/h3-4,8-11,15H,1-2,5-7,18H2. The van der Waals surface area contributed by atoms with Crippen molar-refractivity contribution in [3.63, 3.8) is 0 Å². The zero-order valence-electron chi connectivity index (χ0n) is 10.4. The molecule has 0 aliphatic heterocycles. The molecule has 0 aromatic heterocycles. The molecule has 98 valence electrons. The molecular formula is C15H19BrClN. The van der Waals surface area contributed by atoms with Crippen LogP contribution in [0.2, 0.25) is 5.02 Å². The molecule has 1 aromatic carbocycles. The van der Waals surface area contributed by atoms with Crippen molar-refractivity contribution in [2.24, 2.45) is 23.5 Å². The minimum absolute atomic E-state index is 0.140. The minimum atomic E-state index is 0.140. The molecule has 0 amide bonds. The first kappa shape index (κ1) is 13.0. The number of hydrogen-bond donors (Lipinski definition) is 1. The van der Waals surface area contributed by atoms with Crippen LogP contribution in [-0.2, 0) is 0 Å². The maximum Gasteiger partial charge on any atom is 0.0417 e. The Labute approximate surface area is 122 Å². The quantitative estimate of drug-likeness (QED) is 0.836. The molecule has 2 N–H and O–H groups in total. The number of halogens is 2. The summed E-state index contributed by atoms with van der Waals surface area (Å²) in [4.78, 5) is 0. The van der Waals surface area contributed by atoms with Gasteiger partial charge in [-0.15, -0.1) is 0 Å². The molecule has 3 heteroatoms. The number of hydrogen-bond acceptors (Lipinski definition) is 1. The van der Waals surface area contributed by atoms with Gasteiger partial charge in [-0.3, -0.25) is 0 Å². The molecule has 2 aliphatic rings. The number of nitrogens with two attached hydrogens (primary N) is 1. The Morgan fingerprint density at radius 2 is 2.17 bits per heavy atom. The van der Waals surface area contributed by atoms with Gasteiger partial charge in [-0.1, -0.05) is 40.0 Å². The molecule has 18 heavy (non-hydrogen) atoms. The second-order valence-corrected chi connectivity index (χ2v) is 7.23. The van der Waals surface area contributed by atoms with Crippen LogP contribution in [0.3, 0.4) is 0 Å². The van der Waals surface area contributed by atoms with Gasteiger partial charge in [-0.05, 0) is 61.1 Å². The Bertz CT molecular complexity index is 448. The molecule has 4 unspecified atom stereocenters. The molecule has 4 atom stereocenters. The summed E-state index contributed by atoms with van der Waals surface area (Å²) in [7, 11) is 0. The van der Waals surface area contributed by atoms with E-state index in [1.54, 1.807) is 0 Å². The lowest BCUT2D eigenvalue weighted by molar-refractivity contribution is 0.296. The molecular weight excluding hydrogens is 310 g/mol. The fourth-order valence-corrected chi connectivity index (χ4v) is 4.90. The highest BCUT2D eigenvalue weighted by atomic mass is 79.9. The summed E-state index contributed by atoms with van der Waals surface area (Å²) < 4.78 is 1.05. The lowest BCUT2D eigenvalue weighted by Crippen LogP contribution is -2.19. The fourth-order valence-electron chi connectivity index (χ4n) is 3.92. The highest BCUT2D eigenvalue weighted by Crippen LogP contribution is 2.50. The van der Waals surface area contributed by atoms with Crippen molar-refractivity contribution in [3.8, 4) is 0 Å². The smallest absolute Gasteiger partial charge is 0.0417 e. The second-order valence-electron chi connectivity index (χ2n) is 5.94. The van der Waals surface area contributed by atoms with Crippen molar-refractivity contribution in [1.82, 2.24) is 0 Å². The van der Waals surface area contributed by atoms with E-state index in [1.165, 1.54) is 31.2 Å². The van der Waals surface area contributed by atoms with Crippen molar-refractivity contribution in [2.75, 3.05) is 0 Å². The lowest BCUT2D eigenvalue weighted by Gasteiger charge is -2.25. The van der Waals surface area contributed by atoms with E-state index in [0.29, 0.717) is 0 Å². The van der Waals surface area contributed by atoms with Crippen LogP contribution in [0.5, 0.6) is 0 Å². The van der Waals surface area contributed by atoms with Gasteiger partial charge >= 0.3 is 0 Å². The highest BCUT2D eigenvalue weighted by molar-refractivity contribution is 9.10. The summed E-state index contributed by atoms with van der Waals surface area (Å²) in [6.07, 6.45) is 6.88. The molecule has 1 nitrogen and oxygen atoms in total. The number of benzene rings is 1. The van der Waals surface area contributed by atoms with E-state index >= 15 is 0 Å². The van der Waals surface area contributed by atoms with Crippen LogP contribution in [0.15, 0.2) is 22.7 Å². The van der Waals surface area contributed by atoms with Crippen LogP contribution in [0.4, 0.5) is 0 Å². The largest absolute Gasteiger partial charge is 0.324 e. The van der Waals surface area contributed by atoms with Gasteiger partial charge in [-0.2, -0.15) is 0 Å². The van der Waals surface area contributed by atoms with Crippen LogP contribution in [0, 0.1) is 17.8 Å². The molecule has 0 spiro atoms. The third kappa shape index (κ3) is 2.48. The van der Waals surface area contributed by atoms with Crippen LogP contribution >= 0.6 is 27.5 Å². The SMILES string of the molecule is NC(CC1CC2CCC1C2)c1ccc(Cl)cc1Br. The van der Waals surface area contributed by atoms with Gasteiger partial charge in [0.05, 0.1) is 0 Å². The van der Waals surface area contributed by atoms with Crippen LogP contribution < -0.4 is 5.73 Å². The molecule has 1 aromatic rings. The number of rotatable bonds is 3. The van der Waals surface area contributed by atoms with Crippen molar-refractivity contribution in [1.29, 1.82) is 0 Å². The Balaban J connectivity index is 1.69. The normalized spacial score (nSPS) is 31.8. The van der Waals surface area contributed by atoms with Crippen molar-refractivity contribution in [2.45, 2.75) is 38.1 Å². The summed E-state index contributed by atoms with van der Waals surface area (Å²) in [6.45, 7) is 0. The van der Waals surface area contributed by atoms with Crippen molar-refractivity contribution in [3.05, 3.63) is 33.3 Å². The fraction of sp³-hybridized carbons (Fsp3) is 0.600. The number of fused-ring (bicyclic) bond motifs is 2. The van der Waals surface area contributed by atoms with Gasteiger partial charge in [0.15, 0.2) is 0 Å². The molecule has 2 fully saturated rings. The zero-order chi connectivity index (χ0) is 12.7. The van der Waals surface area contributed by atoms with Crippen LogP contribution in [0.25, 0.3) is 0 Å². The maximum atomic E-state index is 6.38. The van der Waals surface area contributed by atoms with E-state index in [0.717, 1.165) is 33.7 Å². The zero-order valence-corrected chi connectivity index (χ0v) is 12.8. The Hall–Kier alpha value is -0.0500. The van der Waals surface area contributed by atoms with E-state index in [2.05, 4.69) is 22.0 Å². The molecule has 2 bridgehead atoms. The van der Waals surface area contributed by atoms with Gasteiger partial charge < -0.3 is 5.73 Å². The van der Waals surface area contributed by atoms with E-state index in [-0.39, 0.29) is 6.04 Å². The first-order valence-electron chi connectivity index (χ1n) is 6.84. The summed E-state index contributed by atoms with van der Waals surface area (Å²) in [5.74, 6) is 2.80. The summed E-state index contributed by atoms with van der Waals surface area (Å²) in [5.41, 5.74) is 7.58. The third-order valence-electron chi connectivity index (χ3n) is 4.80. The van der Waals surface area contributed by atoms with Gasteiger partial charge in [-0.25, -0.2) is 0 Å². The van der Waals surface area contributed by atoms with Gasteiger partial charge in [0.1, 0.15) is 0 Å². The molecule has 0 heterocycles. The van der Waals surface area contributed by atoms with Gasteiger partial charge in [0, 0.05) is 15.5 Å². The molecule has 0 saturated heterocycles. The van der Waals surface area contributed by atoms with E-state index in [9.17, 15) is 0 Å². The summed E-state index contributed by atoms with van der Waals surface area (Å²) in [5, 5.41) is 0.762. The predicted octanol–water partition coefficient (Wildman–Crippen LogP) is 4.93. The third-order valence-corrected chi connectivity index (χ3v) is 5.73. The Morgan fingerprint density at radius 3 is 2.78 bits per heavy atom. The van der Waals surface area contributed by atoms with Crippen LogP contribution in [-0.4, -0.2) is 0 Å². The highest BCUT2D eigenvalue weighted by Gasteiger charge is 2.39. The Kier molecular flexibility index (Phi) is 3.70. The second kappa shape index (κ2) is 5.15. The minimum Gasteiger partial charge on any atom is -0.324 e. The summed E-state index contributed by atoms with van der Waals surface area (Å²) in [6, 6.07) is 6.07. The van der Waals surface area contributed by atoms with Crippen molar-refractivity contribution >= 4 is 27.5 Å². The van der Waals surface area contributed by atoms with Crippen molar-refractivity contribution < 1.29 is 0 Å². The lowest BCUT2D eigenvalue weighted by atomic mass is 9.83. The average Bonchev–Trinajstić information content (AvgIpc) is 2.90. The monoisotopic (exact) mass is 327 g/mol. The van der Waals surface area contributed by atoms with Crippen LogP contribution in [0.1, 0.15) is 43.7 Å². The topological polar surface area (TPSA) is 26.0 Å². The molecule has 3 rings (SSSR count). The van der Waals surface area contributed by atoms with E-state index in [4.69, 9.17) is 17.3 Å². The average molecular weight is 329 g/mol. The Morgan fingerprint density at radius 1 is 1.33 bits per heavy atom. The molecule has 2 aliphatic carbocycles. The van der Waals surface area contributed by atoms with Gasteiger partial charge in [0.25, 0.3) is 0 Å². The first-order chi connectivity index (χ1) is 8.63. The van der Waals surface area contributed by atoms with E-state index < -0.39 is 0 Å². The predicted molar refractivity (Wildman–Crippen MR) is 79.6 cm³/mol. The van der Waals surface area contributed by atoms with E-state index in [1.807, 2.05) is 12.1 Å². The maximum absolute atomic E-state index is 6.38.